The minimum Gasteiger partial charge on any atom is -0.497 e. The molecule has 2 aromatic carbocycles. The third-order valence-electron chi connectivity index (χ3n) is 5.29. The number of nitrogens with one attached hydrogen (secondary N) is 1. The van der Waals surface area contributed by atoms with Crippen LogP contribution < -0.4 is 15.0 Å². The number of carboxylic acids is 1. The second kappa shape index (κ2) is 9.99. The lowest BCUT2D eigenvalue weighted by atomic mass is 9.98. The van der Waals surface area contributed by atoms with Crippen molar-refractivity contribution in [2.45, 2.75) is 19.4 Å². The van der Waals surface area contributed by atoms with Crippen LogP contribution in [0.25, 0.3) is 11.1 Å². The number of benzene rings is 2. The lowest BCUT2D eigenvalue weighted by molar-refractivity contribution is -0.137. The van der Waals surface area contributed by atoms with Crippen LogP contribution in [0.3, 0.4) is 0 Å². The molecule has 3 amide bonds. The Hall–Kier alpha value is -4.14. The number of carboxylic acid groups (broad SMARTS) is 1. The largest absolute Gasteiger partial charge is 0.497 e. The van der Waals surface area contributed by atoms with Gasteiger partial charge in [0.25, 0.3) is 5.91 Å². The van der Waals surface area contributed by atoms with Crippen LogP contribution in [0.2, 0.25) is 0 Å². The fourth-order valence-corrected chi connectivity index (χ4v) is 3.51. The number of ether oxygens (including phenoxy) is 1. The average Bonchev–Trinajstić information content (AvgIpc) is 2.79. The molecule has 33 heavy (non-hydrogen) atoms. The zero-order valence-electron chi connectivity index (χ0n) is 18.6. The summed E-state index contributed by atoms with van der Waals surface area (Å²) in [7, 11) is 3.06. The van der Waals surface area contributed by atoms with E-state index in [4.69, 9.17) is 9.84 Å². The topological polar surface area (TPSA) is 116 Å². The number of carbonyl (C=O) groups excluding carboxylic acids is 3. The molecule has 2 aromatic rings. The maximum Gasteiger partial charge on any atom is 0.323 e. The molecule has 0 spiro atoms. The van der Waals surface area contributed by atoms with Crippen molar-refractivity contribution in [3.8, 4) is 16.9 Å². The molecule has 172 valence electrons. The lowest BCUT2D eigenvalue weighted by Crippen LogP contribution is -2.57. The first-order chi connectivity index (χ1) is 15.7. The Morgan fingerprint density at radius 2 is 1.94 bits per heavy atom. The van der Waals surface area contributed by atoms with Gasteiger partial charge < -0.3 is 20.1 Å². The first-order valence-corrected chi connectivity index (χ1v) is 10.3. The molecule has 0 aromatic heterocycles. The van der Waals surface area contributed by atoms with E-state index in [1.807, 2.05) is 31.2 Å². The van der Waals surface area contributed by atoms with Crippen molar-refractivity contribution in [3.05, 3.63) is 60.3 Å². The molecule has 9 nitrogen and oxygen atoms in total. The molecule has 0 bridgehead atoms. The molecule has 3 rings (SSSR count). The van der Waals surface area contributed by atoms with E-state index in [1.54, 1.807) is 25.3 Å². The number of rotatable bonds is 7. The summed E-state index contributed by atoms with van der Waals surface area (Å²) in [6, 6.07) is 10.4. The highest BCUT2D eigenvalue weighted by molar-refractivity contribution is 6.19. The number of likely N-dealkylation sites (N-methyl/N-ethyl adjacent to an activating group) is 1. The molecule has 0 saturated carbocycles. The van der Waals surface area contributed by atoms with Crippen molar-refractivity contribution in [1.29, 1.82) is 0 Å². The van der Waals surface area contributed by atoms with Gasteiger partial charge in [0.05, 0.1) is 13.5 Å². The fraction of sp³-hybridized carbons (Fsp3) is 0.250. The molecule has 2 N–H and O–H groups in total. The highest BCUT2D eigenvalue weighted by atomic mass is 16.5. The third kappa shape index (κ3) is 5.20. The van der Waals surface area contributed by atoms with Gasteiger partial charge in [-0.15, -0.1) is 0 Å². The highest BCUT2D eigenvalue weighted by Gasteiger charge is 2.39. The van der Waals surface area contributed by atoms with Gasteiger partial charge in [-0.25, -0.2) is 4.79 Å². The molecular weight excluding hydrogens is 426 g/mol. The summed E-state index contributed by atoms with van der Waals surface area (Å²) < 4.78 is 5.31. The molecule has 1 atom stereocenters. The van der Waals surface area contributed by atoms with Gasteiger partial charge in [-0.2, -0.15) is 0 Å². The van der Waals surface area contributed by atoms with E-state index in [1.165, 1.54) is 24.2 Å². The Labute approximate surface area is 191 Å². The normalized spacial score (nSPS) is 15.4. The Kier molecular flexibility index (Phi) is 7.12. The lowest BCUT2D eigenvalue weighted by Gasteiger charge is -2.33. The number of hydrogen-bond donors (Lipinski definition) is 2. The number of ketones is 1. The van der Waals surface area contributed by atoms with Gasteiger partial charge in [0.2, 0.25) is 0 Å². The minimum atomic E-state index is -1.41. The van der Waals surface area contributed by atoms with Gasteiger partial charge >= 0.3 is 12.0 Å². The molecule has 0 saturated heterocycles. The Morgan fingerprint density at radius 1 is 1.18 bits per heavy atom. The van der Waals surface area contributed by atoms with Crippen LogP contribution in [0, 0.1) is 6.92 Å². The van der Waals surface area contributed by atoms with Crippen LogP contribution in [-0.4, -0.2) is 60.4 Å². The number of anilines is 1. The van der Waals surface area contributed by atoms with E-state index in [0.717, 1.165) is 21.6 Å². The van der Waals surface area contributed by atoms with Crippen molar-refractivity contribution in [2.75, 3.05) is 25.6 Å². The predicted molar refractivity (Wildman–Crippen MR) is 122 cm³/mol. The standard InChI is InChI=1S/C24H25N3O6/c1-15-7-8-17(14-19(15)16-5-4-6-18(13-16)33-3)27(24(32)25-11-9-21(29)30)22-20(28)10-12-26(2)23(22)31/h4-8,10,12-14,22H,9,11H2,1-3H3,(H,25,32)(H,29,30)/t22-/m0/s1. The van der Waals surface area contributed by atoms with E-state index in [0.29, 0.717) is 11.4 Å². The van der Waals surface area contributed by atoms with Crippen LogP contribution in [0.4, 0.5) is 10.5 Å². The first kappa shape index (κ1) is 23.5. The first-order valence-electron chi connectivity index (χ1n) is 10.3. The molecule has 1 aliphatic rings. The second-order valence-corrected chi connectivity index (χ2v) is 7.55. The van der Waals surface area contributed by atoms with E-state index < -0.39 is 29.7 Å². The van der Waals surface area contributed by atoms with E-state index >= 15 is 0 Å². The zero-order chi connectivity index (χ0) is 24.1. The number of aliphatic carboxylic acids is 1. The number of nitrogens with zero attached hydrogens (tertiary/aromatic N) is 2. The summed E-state index contributed by atoms with van der Waals surface area (Å²) in [5.41, 5.74) is 2.85. The van der Waals surface area contributed by atoms with Gasteiger partial charge in [0.15, 0.2) is 11.8 Å². The van der Waals surface area contributed by atoms with Gasteiger partial charge in [0.1, 0.15) is 5.75 Å². The molecule has 0 fully saturated rings. The van der Waals surface area contributed by atoms with Crippen LogP contribution >= 0.6 is 0 Å². The van der Waals surface area contributed by atoms with Crippen molar-refractivity contribution in [2.24, 2.45) is 0 Å². The molecule has 1 heterocycles. The van der Waals surface area contributed by atoms with Crippen molar-refractivity contribution in [3.63, 3.8) is 0 Å². The molecule has 0 radical (unpaired) electrons. The van der Waals surface area contributed by atoms with Gasteiger partial charge in [-0.05, 0) is 47.9 Å². The number of carbonyl (C=O) groups is 4. The fourth-order valence-electron chi connectivity index (χ4n) is 3.51. The maximum atomic E-state index is 13.1. The number of aryl methyl sites for hydroxylation is 1. The predicted octanol–water partition coefficient (Wildman–Crippen LogP) is 2.58. The minimum absolute atomic E-state index is 0.153. The van der Waals surface area contributed by atoms with E-state index in [-0.39, 0.29) is 13.0 Å². The number of amides is 3. The summed E-state index contributed by atoms with van der Waals surface area (Å²) in [5, 5.41) is 11.4. The van der Waals surface area contributed by atoms with Gasteiger partial charge in [-0.1, -0.05) is 18.2 Å². The third-order valence-corrected chi connectivity index (χ3v) is 5.29. The summed E-state index contributed by atoms with van der Waals surface area (Å²) in [4.78, 5) is 51.8. The Bertz CT molecular complexity index is 1130. The number of methoxy groups -OCH3 is 1. The Morgan fingerprint density at radius 3 is 2.64 bits per heavy atom. The summed E-state index contributed by atoms with van der Waals surface area (Å²) in [6.07, 6.45) is 2.29. The monoisotopic (exact) mass is 451 g/mol. The van der Waals surface area contributed by atoms with Crippen molar-refractivity contribution in [1.82, 2.24) is 10.2 Å². The van der Waals surface area contributed by atoms with E-state index in [2.05, 4.69) is 5.32 Å². The van der Waals surface area contributed by atoms with Crippen molar-refractivity contribution >= 4 is 29.4 Å². The zero-order valence-corrected chi connectivity index (χ0v) is 18.6. The maximum absolute atomic E-state index is 13.1. The second-order valence-electron chi connectivity index (χ2n) is 7.55. The Balaban J connectivity index is 2.07. The number of hydrogen-bond acceptors (Lipinski definition) is 5. The molecule has 1 aliphatic heterocycles. The molecule has 0 unspecified atom stereocenters. The molecule has 0 aliphatic carbocycles. The van der Waals surface area contributed by atoms with Crippen LogP contribution in [0.15, 0.2) is 54.7 Å². The highest BCUT2D eigenvalue weighted by Crippen LogP contribution is 2.32. The van der Waals surface area contributed by atoms with Gasteiger partial charge in [-0.3, -0.25) is 19.3 Å². The van der Waals surface area contributed by atoms with Gasteiger partial charge in [0, 0.05) is 31.6 Å². The number of urea groups is 1. The summed E-state index contributed by atoms with van der Waals surface area (Å²) in [6.45, 7) is 1.75. The van der Waals surface area contributed by atoms with Crippen LogP contribution in [0.5, 0.6) is 5.75 Å². The summed E-state index contributed by atoms with van der Waals surface area (Å²) >= 11 is 0. The van der Waals surface area contributed by atoms with Crippen molar-refractivity contribution < 1.29 is 29.0 Å². The quantitative estimate of drug-likeness (QED) is 0.625. The average molecular weight is 451 g/mol. The van der Waals surface area contributed by atoms with E-state index in [9.17, 15) is 19.2 Å². The molecule has 9 heteroatoms. The summed E-state index contributed by atoms with van der Waals surface area (Å²) in [5.74, 6) is -1.54. The molecular formula is C24H25N3O6. The smallest absolute Gasteiger partial charge is 0.323 e. The SMILES string of the molecule is COc1cccc(-c2cc(N(C(=O)NCCC(=O)O)[C@H]3C(=O)C=CN(C)C3=O)ccc2C)c1. The van der Waals surface area contributed by atoms with Crippen LogP contribution in [-0.2, 0) is 14.4 Å². The van der Waals surface area contributed by atoms with Crippen LogP contribution in [0.1, 0.15) is 12.0 Å².